The molecule has 0 radical (unpaired) electrons. The van der Waals surface area contributed by atoms with Gasteiger partial charge < -0.3 is 5.11 Å². The molecular weight excluding hydrogens is 274 g/mol. The van der Waals surface area contributed by atoms with Crippen molar-refractivity contribution in [2.45, 2.75) is 38.1 Å². The van der Waals surface area contributed by atoms with E-state index >= 15 is 0 Å². The van der Waals surface area contributed by atoms with E-state index in [1.165, 1.54) is 0 Å². The van der Waals surface area contributed by atoms with Gasteiger partial charge in [0.1, 0.15) is 0 Å². The van der Waals surface area contributed by atoms with Crippen LogP contribution in [-0.2, 0) is 10.0 Å². The van der Waals surface area contributed by atoms with Gasteiger partial charge in [0.05, 0.1) is 4.90 Å². The third-order valence-corrected chi connectivity index (χ3v) is 5.38. The van der Waals surface area contributed by atoms with E-state index in [1.54, 1.807) is 0 Å². The van der Waals surface area contributed by atoms with E-state index in [1.807, 2.05) is 45.1 Å². The molecule has 0 bridgehead atoms. The lowest BCUT2D eigenvalue weighted by Gasteiger charge is -2.16. The molecule has 5 heteroatoms. The third-order valence-electron chi connectivity index (χ3n) is 3.59. The highest BCUT2D eigenvalue weighted by molar-refractivity contribution is 7.89. The van der Waals surface area contributed by atoms with Gasteiger partial charge in [0.2, 0.25) is 10.0 Å². The predicted octanol–water partition coefficient (Wildman–Crippen LogP) is 1.83. The summed E-state index contributed by atoms with van der Waals surface area (Å²) in [5.74, 6) is 0.0444. The number of benzene rings is 1. The van der Waals surface area contributed by atoms with Gasteiger partial charge in [-0.1, -0.05) is 29.8 Å². The van der Waals surface area contributed by atoms with Crippen molar-refractivity contribution >= 4 is 10.0 Å². The molecule has 110 valence electrons. The van der Waals surface area contributed by atoms with Crippen molar-refractivity contribution in [3.05, 3.63) is 41.0 Å². The van der Waals surface area contributed by atoms with Crippen LogP contribution in [-0.4, -0.2) is 26.2 Å². The standard InChI is InChI=1S/C15H21NO3S/c1-10-6-11(2)15(12(3)7-10)20(18,19)16-14-5-4-13(8-14)9-17/h4-7,13-14,16-17H,8-9H2,1-3H3/t13-,14+/m0/s1. The predicted molar refractivity (Wildman–Crippen MR) is 79.1 cm³/mol. The zero-order valence-corrected chi connectivity index (χ0v) is 12.9. The van der Waals surface area contributed by atoms with Crippen molar-refractivity contribution in [2.24, 2.45) is 5.92 Å². The molecule has 0 fully saturated rings. The molecule has 0 amide bonds. The van der Waals surface area contributed by atoms with Crippen molar-refractivity contribution in [3.8, 4) is 0 Å². The lowest BCUT2D eigenvalue weighted by Crippen LogP contribution is -2.33. The first-order valence-corrected chi connectivity index (χ1v) is 8.21. The Bertz CT molecular complexity index is 612. The normalized spacial score (nSPS) is 22.4. The molecule has 1 aliphatic rings. The van der Waals surface area contributed by atoms with Crippen molar-refractivity contribution in [2.75, 3.05) is 6.61 Å². The maximum atomic E-state index is 12.5. The summed E-state index contributed by atoms with van der Waals surface area (Å²) in [7, 11) is -3.54. The number of hydrogen-bond acceptors (Lipinski definition) is 3. The number of hydrogen-bond donors (Lipinski definition) is 2. The van der Waals surface area contributed by atoms with Gasteiger partial charge in [-0.05, 0) is 38.3 Å². The molecule has 0 unspecified atom stereocenters. The lowest BCUT2D eigenvalue weighted by atomic mass is 10.1. The van der Waals surface area contributed by atoms with Crippen LogP contribution >= 0.6 is 0 Å². The minimum Gasteiger partial charge on any atom is -0.396 e. The van der Waals surface area contributed by atoms with E-state index in [0.717, 1.165) is 16.7 Å². The summed E-state index contributed by atoms with van der Waals surface area (Å²) in [5.41, 5.74) is 2.58. The van der Waals surface area contributed by atoms with Gasteiger partial charge in [0.15, 0.2) is 0 Å². The van der Waals surface area contributed by atoms with E-state index in [2.05, 4.69) is 4.72 Å². The molecule has 1 aliphatic carbocycles. The first-order valence-electron chi connectivity index (χ1n) is 6.73. The molecule has 1 aromatic rings. The average Bonchev–Trinajstić information content (AvgIpc) is 2.73. The molecule has 0 saturated heterocycles. The van der Waals surface area contributed by atoms with Crippen LogP contribution in [0.2, 0.25) is 0 Å². The minimum atomic E-state index is -3.54. The van der Waals surface area contributed by atoms with Gasteiger partial charge in [-0.15, -0.1) is 0 Å². The minimum absolute atomic E-state index is 0.0444. The molecule has 20 heavy (non-hydrogen) atoms. The third kappa shape index (κ3) is 3.11. The zero-order valence-electron chi connectivity index (χ0n) is 12.1. The highest BCUT2D eigenvalue weighted by Gasteiger charge is 2.26. The lowest BCUT2D eigenvalue weighted by molar-refractivity contribution is 0.248. The molecule has 2 rings (SSSR count). The number of aliphatic hydroxyl groups excluding tert-OH is 1. The number of aliphatic hydroxyl groups is 1. The van der Waals surface area contributed by atoms with Crippen molar-refractivity contribution in [3.63, 3.8) is 0 Å². The van der Waals surface area contributed by atoms with Crippen LogP contribution in [0.1, 0.15) is 23.1 Å². The summed E-state index contributed by atoms with van der Waals surface area (Å²) in [6, 6.07) is 3.52. The van der Waals surface area contributed by atoms with E-state index in [-0.39, 0.29) is 18.6 Å². The molecule has 2 N–H and O–H groups in total. The molecule has 4 nitrogen and oxygen atoms in total. The molecule has 0 spiro atoms. The van der Waals surface area contributed by atoms with Crippen LogP contribution in [0.3, 0.4) is 0 Å². The van der Waals surface area contributed by atoms with Gasteiger partial charge in [-0.2, -0.15) is 0 Å². The smallest absolute Gasteiger partial charge is 0.241 e. The summed E-state index contributed by atoms with van der Waals surface area (Å²) in [6.45, 7) is 5.64. The van der Waals surface area contributed by atoms with Gasteiger partial charge in [-0.3, -0.25) is 0 Å². The van der Waals surface area contributed by atoms with Gasteiger partial charge in [0, 0.05) is 18.6 Å². The summed E-state index contributed by atoms with van der Waals surface area (Å²) >= 11 is 0. The Morgan fingerprint density at radius 2 is 1.80 bits per heavy atom. The Labute approximate surface area is 120 Å². The molecular formula is C15H21NO3S. The molecule has 0 heterocycles. The summed E-state index contributed by atoms with van der Waals surface area (Å²) in [5, 5.41) is 9.09. The SMILES string of the molecule is Cc1cc(C)c(S(=O)(=O)N[C@@H]2C=C[C@H](CO)C2)c(C)c1. The second-order valence-electron chi connectivity index (χ2n) is 5.52. The zero-order chi connectivity index (χ0) is 14.9. The molecule has 0 saturated carbocycles. The van der Waals surface area contributed by atoms with Gasteiger partial charge in [0.25, 0.3) is 0 Å². The Morgan fingerprint density at radius 1 is 1.20 bits per heavy atom. The second kappa shape index (κ2) is 5.68. The Kier molecular flexibility index (Phi) is 4.32. The highest BCUT2D eigenvalue weighted by Crippen LogP contribution is 2.24. The highest BCUT2D eigenvalue weighted by atomic mass is 32.2. The van der Waals surface area contributed by atoms with E-state index in [0.29, 0.717) is 11.3 Å². The second-order valence-corrected chi connectivity index (χ2v) is 7.17. The van der Waals surface area contributed by atoms with Crippen LogP contribution in [0.4, 0.5) is 0 Å². The van der Waals surface area contributed by atoms with Crippen molar-refractivity contribution < 1.29 is 13.5 Å². The number of sulfonamides is 1. The van der Waals surface area contributed by atoms with Crippen LogP contribution in [0.15, 0.2) is 29.2 Å². The van der Waals surface area contributed by atoms with Crippen LogP contribution < -0.4 is 4.72 Å². The Morgan fingerprint density at radius 3 is 2.30 bits per heavy atom. The van der Waals surface area contributed by atoms with E-state index in [9.17, 15) is 8.42 Å². The number of aryl methyl sites for hydroxylation is 3. The van der Waals surface area contributed by atoms with E-state index in [4.69, 9.17) is 5.11 Å². The van der Waals surface area contributed by atoms with Crippen molar-refractivity contribution in [1.29, 1.82) is 0 Å². The van der Waals surface area contributed by atoms with Crippen LogP contribution in [0.5, 0.6) is 0 Å². The Hall–Kier alpha value is -1.17. The summed E-state index contributed by atoms with van der Waals surface area (Å²) in [4.78, 5) is 0.365. The quantitative estimate of drug-likeness (QED) is 0.833. The molecule has 0 aromatic heterocycles. The first-order chi connectivity index (χ1) is 9.33. The molecule has 0 aliphatic heterocycles. The fourth-order valence-electron chi connectivity index (χ4n) is 2.85. The topological polar surface area (TPSA) is 66.4 Å². The molecule has 2 atom stereocenters. The maximum absolute atomic E-state index is 12.5. The first kappa shape index (κ1) is 15.2. The number of nitrogens with one attached hydrogen (secondary N) is 1. The van der Waals surface area contributed by atoms with Gasteiger partial charge in [-0.25, -0.2) is 13.1 Å². The van der Waals surface area contributed by atoms with Crippen LogP contribution in [0.25, 0.3) is 0 Å². The monoisotopic (exact) mass is 295 g/mol. The van der Waals surface area contributed by atoms with Crippen molar-refractivity contribution in [1.82, 2.24) is 4.72 Å². The fraction of sp³-hybridized carbons (Fsp3) is 0.467. The summed E-state index contributed by atoms with van der Waals surface area (Å²) in [6.07, 6.45) is 4.29. The van der Waals surface area contributed by atoms with Crippen LogP contribution in [0, 0.1) is 26.7 Å². The number of rotatable bonds is 4. The summed E-state index contributed by atoms with van der Waals surface area (Å²) < 4.78 is 27.8. The fourth-order valence-corrected chi connectivity index (χ4v) is 4.50. The Balaban J connectivity index is 2.26. The van der Waals surface area contributed by atoms with E-state index < -0.39 is 10.0 Å². The average molecular weight is 295 g/mol. The molecule has 1 aromatic carbocycles. The maximum Gasteiger partial charge on any atom is 0.241 e. The largest absolute Gasteiger partial charge is 0.396 e. The van der Waals surface area contributed by atoms with Gasteiger partial charge >= 0.3 is 0 Å².